The lowest BCUT2D eigenvalue weighted by Gasteiger charge is -2.07. The molecule has 2 rings (SSSR count). The van der Waals surface area contributed by atoms with Gasteiger partial charge in [-0.05, 0) is 43.5 Å². The Labute approximate surface area is 112 Å². The number of carbonyl (C=O) groups is 1. The van der Waals surface area contributed by atoms with E-state index in [1.165, 1.54) is 7.11 Å². The Hall–Kier alpha value is -2.17. The lowest BCUT2D eigenvalue weighted by atomic mass is 10.1. The zero-order valence-electron chi connectivity index (χ0n) is 11.6. The lowest BCUT2D eigenvalue weighted by molar-refractivity contribution is 0.0592. The third kappa shape index (κ3) is 2.50. The van der Waals surface area contributed by atoms with E-state index in [9.17, 15) is 4.79 Å². The van der Waals surface area contributed by atoms with Gasteiger partial charge in [-0.1, -0.05) is 18.2 Å². The summed E-state index contributed by atoms with van der Waals surface area (Å²) in [5.74, 6) is -0.451. The molecule has 0 aliphatic rings. The highest BCUT2D eigenvalue weighted by atomic mass is 16.5. The van der Waals surface area contributed by atoms with Gasteiger partial charge >= 0.3 is 5.97 Å². The topological polar surface area (TPSA) is 57.0 Å². The zero-order valence-corrected chi connectivity index (χ0v) is 11.6. The van der Waals surface area contributed by atoms with E-state index in [0.29, 0.717) is 6.42 Å². The minimum Gasteiger partial charge on any atom is -0.464 e. The molecule has 5 heteroatoms. The molecular formula is C14H17N3O2. The van der Waals surface area contributed by atoms with Crippen molar-refractivity contribution in [3.8, 4) is 5.69 Å². The molecule has 0 N–H and O–H groups in total. The third-order valence-corrected chi connectivity index (χ3v) is 2.93. The smallest absolute Gasteiger partial charge is 0.360 e. The summed E-state index contributed by atoms with van der Waals surface area (Å²) in [4.78, 5) is 11.6. The normalized spacial score (nSPS) is 10.5. The lowest BCUT2D eigenvalue weighted by Crippen LogP contribution is -2.08. The van der Waals surface area contributed by atoms with Crippen molar-refractivity contribution in [2.45, 2.75) is 27.2 Å². The SMILES string of the molecule is CCc1c(C(=O)OC)nnn1-c1cc(C)cc(C)c1. The molecule has 0 saturated carbocycles. The molecule has 0 spiro atoms. The van der Waals surface area contributed by atoms with Crippen LogP contribution in [-0.2, 0) is 11.2 Å². The molecule has 0 atom stereocenters. The van der Waals surface area contributed by atoms with E-state index in [1.54, 1.807) is 4.68 Å². The van der Waals surface area contributed by atoms with Gasteiger partial charge in [0.15, 0.2) is 5.69 Å². The number of rotatable bonds is 3. The number of hydrogen-bond acceptors (Lipinski definition) is 4. The van der Waals surface area contributed by atoms with Crippen LogP contribution in [0.5, 0.6) is 0 Å². The molecule has 0 aliphatic carbocycles. The Balaban J connectivity index is 2.56. The highest BCUT2D eigenvalue weighted by molar-refractivity contribution is 5.88. The van der Waals surface area contributed by atoms with Crippen LogP contribution in [0.1, 0.15) is 34.2 Å². The van der Waals surface area contributed by atoms with Gasteiger partial charge in [-0.2, -0.15) is 0 Å². The maximum Gasteiger partial charge on any atom is 0.360 e. The zero-order chi connectivity index (χ0) is 14.0. The largest absolute Gasteiger partial charge is 0.464 e. The molecule has 0 radical (unpaired) electrons. The molecule has 0 bridgehead atoms. The summed E-state index contributed by atoms with van der Waals surface area (Å²) in [5.41, 5.74) is 4.25. The van der Waals surface area contributed by atoms with Crippen LogP contribution in [0.4, 0.5) is 0 Å². The Kier molecular flexibility index (Phi) is 3.64. The van der Waals surface area contributed by atoms with Crippen molar-refractivity contribution in [3.63, 3.8) is 0 Å². The van der Waals surface area contributed by atoms with Gasteiger partial charge in [0.05, 0.1) is 18.5 Å². The number of aryl methyl sites for hydroxylation is 2. The molecule has 0 saturated heterocycles. The summed E-state index contributed by atoms with van der Waals surface area (Å²) in [6, 6.07) is 6.12. The van der Waals surface area contributed by atoms with Crippen LogP contribution in [-0.4, -0.2) is 28.1 Å². The quantitative estimate of drug-likeness (QED) is 0.793. The number of benzene rings is 1. The number of esters is 1. The summed E-state index contributed by atoms with van der Waals surface area (Å²) in [7, 11) is 1.34. The summed E-state index contributed by atoms with van der Waals surface area (Å²) < 4.78 is 6.42. The van der Waals surface area contributed by atoms with Crippen LogP contribution in [0.15, 0.2) is 18.2 Å². The molecule has 5 nitrogen and oxygen atoms in total. The predicted molar refractivity (Wildman–Crippen MR) is 71.6 cm³/mol. The summed E-state index contributed by atoms with van der Waals surface area (Å²) in [6.45, 7) is 6.02. The second-order valence-electron chi connectivity index (χ2n) is 4.49. The first-order valence-corrected chi connectivity index (χ1v) is 6.18. The predicted octanol–water partition coefficient (Wildman–Crippen LogP) is 2.23. The van der Waals surface area contributed by atoms with Crippen molar-refractivity contribution in [3.05, 3.63) is 40.7 Å². The van der Waals surface area contributed by atoms with Gasteiger partial charge in [0.2, 0.25) is 0 Å². The first kappa shape index (κ1) is 13.3. The van der Waals surface area contributed by atoms with Gasteiger partial charge in [0.25, 0.3) is 0 Å². The molecule has 100 valence electrons. The Morgan fingerprint density at radius 3 is 2.42 bits per heavy atom. The fourth-order valence-corrected chi connectivity index (χ4v) is 2.15. The standard InChI is InChI=1S/C14H17N3O2/c1-5-12-13(14(18)19-4)15-16-17(12)11-7-9(2)6-10(3)8-11/h6-8H,5H2,1-4H3. The fourth-order valence-electron chi connectivity index (χ4n) is 2.15. The summed E-state index contributed by atoms with van der Waals surface area (Å²) >= 11 is 0. The monoisotopic (exact) mass is 259 g/mol. The Morgan fingerprint density at radius 2 is 1.89 bits per heavy atom. The minimum atomic E-state index is -0.451. The van der Waals surface area contributed by atoms with Gasteiger partial charge < -0.3 is 4.74 Å². The molecule has 0 amide bonds. The fraction of sp³-hybridized carbons (Fsp3) is 0.357. The van der Waals surface area contributed by atoms with E-state index in [-0.39, 0.29) is 5.69 Å². The summed E-state index contributed by atoms with van der Waals surface area (Å²) in [5, 5.41) is 8.01. The summed E-state index contributed by atoms with van der Waals surface area (Å²) in [6.07, 6.45) is 0.657. The van der Waals surface area contributed by atoms with Gasteiger partial charge in [-0.15, -0.1) is 5.10 Å². The Morgan fingerprint density at radius 1 is 1.26 bits per heavy atom. The van der Waals surface area contributed by atoms with E-state index >= 15 is 0 Å². The van der Waals surface area contributed by atoms with E-state index in [0.717, 1.165) is 22.5 Å². The molecule has 0 unspecified atom stereocenters. The van der Waals surface area contributed by atoms with Crippen LogP contribution in [0, 0.1) is 13.8 Å². The number of carbonyl (C=O) groups excluding carboxylic acids is 1. The van der Waals surface area contributed by atoms with E-state index in [2.05, 4.69) is 16.4 Å². The number of nitrogens with zero attached hydrogens (tertiary/aromatic N) is 3. The van der Waals surface area contributed by atoms with Crippen LogP contribution >= 0.6 is 0 Å². The van der Waals surface area contributed by atoms with Gasteiger partial charge in [0.1, 0.15) is 0 Å². The molecule has 1 heterocycles. The molecule has 0 aliphatic heterocycles. The van der Waals surface area contributed by atoms with E-state index in [1.807, 2.05) is 32.9 Å². The Bertz CT molecular complexity index is 597. The average Bonchev–Trinajstić information content (AvgIpc) is 2.80. The van der Waals surface area contributed by atoms with Crippen molar-refractivity contribution in [1.82, 2.24) is 15.0 Å². The van der Waals surface area contributed by atoms with Crippen LogP contribution in [0.3, 0.4) is 0 Å². The van der Waals surface area contributed by atoms with Crippen LogP contribution < -0.4 is 0 Å². The highest BCUT2D eigenvalue weighted by Gasteiger charge is 2.19. The van der Waals surface area contributed by atoms with Gasteiger partial charge in [-0.25, -0.2) is 9.48 Å². The van der Waals surface area contributed by atoms with Gasteiger partial charge in [-0.3, -0.25) is 0 Å². The highest BCUT2D eigenvalue weighted by Crippen LogP contribution is 2.17. The maximum absolute atomic E-state index is 11.6. The molecule has 1 aromatic heterocycles. The van der Waals surface area contributed by atoms with Crippen molar-refractivity contribution in [2.75, 3.05) is 7.11 Å². The van der Waals surface area contributed by atoms with Gasteiger partial charge in [0, 0.05) is 0 Å². The van der Waals surface area contributed by atoms with Crippen LogP contribution in [0.2, 0.25) is 0 Å². The van der Waals surface area contributed by atoms with Crippen molar-refractivity contribution in [2.24, 2.45) is 0 Å². The number of methoxy groups -OCH3 is 1. The third-order valence-electron chi connectivity index (χ3n) is 2.93. The van der Waals surface area contributed by atoms with E-state index < -0.39 is 5.97 Å². The molecular weight excluding hydrogens is 242 g/mol. The van der Waals surface area contributed by atoms with Crippen molar-refractivity contribution in [1.29, 1.82) is 0 Å². The van der Waals surface area contributed by atoms with Crippen LogP contribution in [0.25, 0.3) is 5.69 Å². The van der Waals surface area contributed by atoms with Crippen molar-refractivity contribution < 1.29 is 9.53 Å². The average molecular weight is 259 g/mol. The number of aromatic nitrogens is 3. The number of ether oxygens (including phenoxy) is 1. The molecule has 19 heavy (non-hydrogen) atoms. The van der Waals surface area contributed by atoms with E-state index in [4.69, 9.17) is 4.74 Å². The molecule has 2 aromatic rings. The van der Waals surface area contributed by atoms with Crippen molar-refractivity contribution >= 4 is 5.97 Å². The maximum atomic E-state index is 11.6. The second-order valence-corrected chi connectivity index (χ2v) is 4.49. The first-order chi connectivity index (χ1) is 9.06. The first-order valence-electron chi connectivity index (χ1n) is 6.18. The number of hydrogen-bond donors (Lipinski definition) is 0. The minimum absolute atomic E-state index is 0.282. The molecule has 1 aromatic carbocycles. The second kappa shape index (κ2) is 5.22. The molecule has 0 fully saturated rings.